The van der Waals surface area contributed by atoms with E-state index < -0.39 is 22.1 Å². The fourth-order valence-electron chi connectivity index (χ4n) is 2.81. The van der Waals surface area contributed by atoms with Crippen molar-refractivity contribution in [1.82, 2.24) is 14.5 Å². The summed E-state index contributed by atoms with van der Waals surface area (Å²) in [6.07, 6.45) is 0.632. The van der Waals surface area contributed by atoms with Crippen LogP contribution in [0.1, 0.15) is 12.0 Å². The van der Waals surface area contributed by atoms with Gasteiger partial charge in [0.2, 0.25) is 15.9 Å². The molecule has 1 aromatic rings. The number of hydrogen-bond donors (Lipinski definition) is 2. The van der Waals surface area contributed by atoms with Crippen molar-refractivity contribution in [1.29, 1.82) is 0 Å². The fraction of sp³-hybridized carbons (Fsp3) is 0.500. The van der Waals surface area contributed by atoms with Gasteiger partial charge in [0.05, 0.1) is 6.26 Å². The molecule has 2 amide bonds. The zero-order chi connectivity index (χ0) is 18.4. The third-order valence-electron chi connectivity index (χ3n) is 4.02. The first-order valence-electron chi connectivity index (χ1n) is 8.12. The lowest BCUT2D eigenvalue weighted by Gasteiger charge is -2.27. The molecule has 0 spiro atoms. The van der Waals surface area contributed by atoms with Crippen LogP contribution in [0.2, 0.25) is 0 Å². The van der Waals surface area contributed by atoms with Crippen molar-refractivity contribution >= 4 is 21.8 Å². The van der Waals surface area contributed by atoms with Gasteiger partial charge in [-0.15, -0.1) is 0 Å². The van der Waals surface area contributed by atoms with Crippen LogP contribution >= 0.6 is 0 Å². The van der Waals surface area contributed by atoms with Crippen LogP contribution in [-0.2, 0) is 26.0 Å². The average Bonchev–Trinajstić information content (AvgIpc) is 3.04. The summed E-state index contributed by atoms with van der Waals surface area (Å²) in [6, 6.07) is 9.53. The number of carbonyl (C=O) groups is 2. The highest BCUT2D eigenvalue weighted by atomic mass is 32.2. The van der Waals surface area contributed by atoms with Crippen LogP contribution in [0.15, 0.2) is 30.3 Å². The Hall–Kier alpha value is -1.97. The summed E-state index contributed by atoms with van der Waals surface area (Å²) in [4.78, 5) is 26.3. The molecule has 1 aliphatic heterocycles. The van der Waals surface area contributed by atoms with Crippen LogP contribution < -0.4 is 11.1 Å². The van der Waals surface area contributed by atoms with Gasteiger partial charge >= 0.3 is 0 Å². The van der Waals surface area contributed by atoms with Crippen molar-refractivity contribution in [2.45, 2.75) is 19.0 Å². The number of amides is 2. The second kappa shape index (κ2) is 8.41. The molecule has 1 atom stereocenters. The standard InChI is InChI=1S/C16H24N4O4S/c1-25(23,24)20-12-11-19(16(20)15(22)18-10-9-17)14(21)8-7-13-5-3-2-4-6-13/h2-6,16H,7-12,17H2,1H3,(H,18,22). The summed E-state index contributed by atoms with van der Waals surface area (Å²) in [7, 11) is -3.61. The summed E-state index contributed by atoms with van der Waals surface area (Å²) in [5.74, 6) is -0.774. The smallest absolute Gasteiger partial charge is 0.259 e. The Labute approximate surface area is 148 Å². The summed E-state index contributed by atoms with van der Waals surface area (Å²) >= 11 is 0. The zero-order valence-electron chi connectivity index (χ0n) is 14.2. The van der Waals surface area contributed by atoms with Crippen LogP contribution in [0.4, 0.5) is 0 Å². The lowest BCUT2D eigenvalue weighted by molar-refractivity contribution is -0.140. The molecule has 1 unspecified atom stereocenters. The molecular formula is C16H24N4O4S. The van der Waals surface area contributed by atoms with Gasteiger partial charge in [-0.25, -0.2) is 8.42 Å². The number of hydrogen-bond acceptors (Lipinski definition) is 5. The van der Waals surface area contributed by atoms with Gasteiger partial charge in [-0.2, -0.15) is 4.31 Å². The molecule has 25 heavy (non-hydrogen) atoms. The van der Waals surface area contributed by atoms with Crippen molar-refractivity contribution in [2.24, 2.45) is 5.73 Å². The SMILES string of the molecule is CS(=O)(=O)N1CCN(C(=O)CCc2ccccc2)C1C(=O)NCCN. The third-order valence-corrected chi connectivity index (χ3v) is 5.26. The quantitative estimate of drug-likeness (QED) is 0.649. The van der Waals surface area contributed by atoms with Gasteiger partial charge in [0, 0.05) is 32.6 Å². The van der Waals surface area contributed by atoms with Crippen molar-refractivity contribution in [2.75, 3.05) is 32.4 Å². The summed E-state index contributed by atoms with van der Waals surface area (Å²) in [6.45, 7) is 0.760. The molecule has 0 radical (unpaired) electrons. The molecule has 1 aliphatic rings. The highest BCUT2D eigenvalue weighted by molar-refractivity contribution is 7.88. The Morgan fingerprint density at radius 2 is 1.92 bits per heavy atom. The number of nitrogens with two attached hydrogens (primary N) is 1. The van der Waals surface area contributed by atoms with E-state index in [0.717, 1.165) is 16.1 Å². The predicted octanol–water partition coefficient (Wildman–Crippen LogP) is -0.876. The van der Waals surface area contributed by atoms with E-state index in [1.807, 2.05) is 30.3 Å². The van der Waals surface area contributed by atoms with Crippen LogP contribution in [0.3, 0.4) is 0 Å². The van der Waals surface area contributed by atoms with Crippen LogP contribution in [0, 0.1) is 0 Å². The van der Waals surface area contributed by atoms with Gasteiger partial charge in [0.25, 0.3) is 5.91 Å². The maximum Gasteiger partial charge on any atom is 0.259 e. The number of benzene rings is 1. The molecule has 0 bridgehead atoms. The van der Waals surface area contributed by atoms with Crippen molar-refractivity contribution in [3.63, 3.8) is 0 Å². The first-order valence-corrected chi connectivity index (χ1v) is 9.97. The van der Waals surface area contributed by atoms with E-state index >= 15 is 0 Å². The highest BCUT2D eigenvalue weighted by Crippen LogP contribution is 2.20. The molecule has 3 N–H and O–H groups in total. The van der Waals surface area contributed by atoms with Crippen LogP contribution in [0.5, 0.6) is 0 Å². The minimum atomic E-state index is -3.61. The Balaban J connectivity index is 2.10. The van der Waals surface area contributed by atoms with Crippen molar-refractivity contribution in [3.05, 3.63) is 35.9 Å². The molecule has 0 aliphatic carbocycles. The van der Waals surface area contributed by atoms with Crippen molar-refractivity contribution < 1.29 is 18.0 Å². The molecule has 0 aromatic heterocycles. The second-order valence-corrected chi connectivity index (χ2v) is 7.83. The van der Waals surface area contributed by atoms with E-state index in [1.165, 1.54) is 4.90 Å². The molecule has 0 saturated carbocycles. The van der Waals surface area contributed by atoms with Crippen LogP contribution in [-0.4, -0.2) is 68.0 Å². The number of nitrogens with zero attached hydrogens (tertiary/aromatic N) is 2. The van der Waals surface area contributed by atoms with Gasteiger partial charge in [-0.3, -0.25) is 9.59 Å². The molecule has 138 valence electrons. The van der Waals surface area contributed by atoms with E-state index in [1.54, 1.807) is 0 Å². The van der Waals surface area contributed by atoms with Gasteiger partial charge in [0.15, 0.2) is 6.17 Å². The van der Waals surface area contributed by atoms with E-state index in [9.17, 15) is 18.0 Å². The first kappa shape index (κ1) is 19.4. The minimum Gasteiger partial charge on any atom is -0.352 e. The normalized spacial score (nSPS) is 18.3. The topological polar surface area (TPSA) is 113 Å². The molecule has 1 fully saturated rings. The molecule has 1 heterocycles. The molecule has 8 nitrogen and oxygen atoms in total. The minimum absolute atomic E-state index is 0.108. The third kappa shape index (κ3) is 5.00. The number of aryl methyl sites for hydroxylation is 1. The second-order valence-electron chi connectivity index (χ2n) is 5.90. The molecule has 9 heteroatoms. The lowest BCUT2D eigenvalue weighted by Crippen LogP contribution is -2.54. The number of sulfonamides is 1. The van der Waals surface area contributed by atoms with Gasteiger partial charge < -0.3 is 16.0 Å². The number of carbonyl (C=O) groups excluding carboxylic acids is 2. The van der Waals surface area contributed by atoms with Gasteiger partial charge in [-0.05, 0) is 12.0 Å². The predicted molar refractivity (Wildman–Crippen MR) is 93.9 cm³/mol. The molecule has 2 rings (SSSR count). The van der Waals surface area contributed by atoms with Crippen LogP contribution in [0.25, 0.3) is 0 Å². The lowest BCUT2D eigenvalue weighted by atomic mass is 10.1. The Morgan fingerprint density at radius 1 is 1.24 bits per heavy atom. The zero-order valence-corrected chi connectivity index (χ0v) is 15.0. The maximum absolute atomic E-state index is 12.6. The Kier molecular flexibility index (Phi) is 6.51. The van der Waals surface area contributed by atoms with E-state index in [4.69, 9.17) is 5.73 Å². The van der Waals surface area contributed by atoms with Gasteiger partial charge in [0.1, 0.15) is 0 Å². The Morgan fingerprint density at radius 3 is 2.52 bits per heavy atom. The summed E-state index contributed by atoms with van der Waals surface area (Å²) < 4.78 is 25.0. The largest absolute Gasteiger partial charge is 0.352 e. The Bertz CT molecular complexity index is 708. The monoisotopic (exact) mass is 368 g/mol. The van der Waals surface area contributed by atoms with Gasteiger partial charge in [-0.1, -0.05) is 30.3 Å². The summed E-state index contributed by atoms with van der Waals surface area (Å²) in [5.41, 5.74) is 6.39. The number of nitrogens with one attached hydrogen (secondary N) is 1. The van der Waals surface area contributed by atoms with E-state index in [2.05, 4.69) is 5.32 Å². The maximum atomic E-state index is 12.6. The average molecular weight is 368 g/mol. The molecule has 1 saturated heterocycles. The molecule has 1 aromatic carbocycles. The first-order chi connectivity index (χ1) is 11.8. The number of rotatable bonds is 7. The molecular weight excluding hydrogens is 344 g/mol. The van der Waals surface area contributed by atoms with Crippen molar-refractivity contribution in [3.8, 4) is 0 Å². The van der Waals surface area contributed by atoms with E-state index in [0.29, 0.717) is 6.42 Å². The fourth-order valence-corrected chi connectivity index (χ4v) is 3.80. The summed E-state index contributed by atoms with van der Waals surface area (Å²) in [5, 5.41) is 2.57. The van der Waals surface area contributed by atoms with E-state index in [-0.39, 0.29) is 38.5 Å². The highest BCUT2D eigenvalue weighted by Gasteiger charge is 2.44.